The first kappa shape index (κ1) is 15.7. The Morgan fingerprint density at radius 2 is 1.85 bits per heavy atom. The highest BCUT2D eigenvalue weighted by Gasteiger charge is 2.44. The molecule has 112 valence electrons. The van der Waals surface area contributed by atoms with Crippen LogP contribution < -0.4 is 5.32 Å². The quantitative estimate of drug-likeness (QED) is 0.917. The van der Waals surface area contributed by atoms with Gasteiger partial charge in [-0.25, -0.2) is 0 Å². The Kier molecular flexibility index (Phi) is 4.70. The Hall–Kier alpha value is -0.670. The van der Waals surface area contributed by atoms with Crippen molar-refractivity contribution in [3.63, 3.8) is 0 Å². The van der Waals surface area contributed by atoms with Crippen LogP contribution in [0.15, 0.2) is 29.2 Å². The van der Waals surface area contributed by atoms with Crippen LogP contribution in [0.5, 0.6) is 0 Å². The first-order chi connectivity index (χ1) is 9.36. The molecule has 1 fully saturated rings. The summed E-state index contributed by atoms with van der Waals surface area (Å²) < 4.78 is 12.9. The highest BCUT2D eigenvalue weighted by atomic mass is 32.2. The molecular weight excluding hydrogens is 266 g/mol. The molecule has 0 spiro atoms. The third kappa shape index (κ3) is 2.99. The van der Waals surface area contributed by atoms with Crippen molar-refractivity contribution < 1.29 is 4.21 Å². The van der Waals surface area contributed by atoms with Crippen molar-refractivity contribution in [1.29, 1.82) is 0 Å². The second kappa shape index (κ2) is 5.98. The number of rotatable bonds is 4. The minimum atomic E-state index is -0.919. The van der Waals surface area contributed by atoms with Crippen molar-refractivity contribution in [2.45, 2.75) is 62.6 Å². The molecule has 1 aliphatic rings. The summed E-state index contributed by atoms with van der Waals surface area (Å²) in [6, 6.07) is 8.65. The fourth-order valence-electron chi connectivity index (χ4n) is 3.31. The molecule has 3 atom stereocenters. The molecule has 1 aromatic rings. The molecule has 2 nitrogen and oxygen atoms in total. The highest BCUT2D eigenvalue weighted by molar-refractivity contribution is 7.85. The fraction of sp³-hybridized carbons (Fsp3) is 0.647. The van der Waals surface area contributed by atoms with E-state index in [1.54, 1.807) is 0 Å². The van der Waals surface area contributed by atoms with Crippen LogP contribution in [-0.4, -0.2) is 22.5 Å². The Balaban J connectivity index is 2.19. The molecule has 1 aliphatic carbocycles. The van der Waals surface area contributed by atoms with Crippen molar-refractivity contribution in [3.8, 4) is 0 Å². The molecule has 2 rings (SSSR count). The lowest BCUT2D eigenvalue weighted by atomic mass is 9.87. The van der Waals surface area contributed by atoms with Crippen molar-refractivity contribution in [3.05, 3.63) is 29.8 Å². The summed E-state index contributed by atoms with van der Waals surface area (Å²) in [5.74, 6) is 0.521. The van der Waals surface area contributed by atoms with Crippen molar-refractivity contribution in [2.24, 2.45) is 5.41 Å². The van der Waals surface area contributed by atoms with E-state index < -0.39 is 10.8 Å². The topological polar surface area (TPSA) is 29.1 Å². The predicted octanol–water partition coefficient (Wildman–Crippen LogP) is 3.69. The molecule has 0 saturated heterocycles. The molecule has 0 heterocycles. The molecule has 1 saturated carbocycles. The summed E-state index contributed by atoms with van der Waals surface area (Å²) in [6.07, 6.45) is 2.18. The number of hydrogen-bond donors (Lipinski definition) is 1. The minimum absolute atomic E-state index is 0.222. The van der Waals surface area contributed by atoms with E-state index in [1.165, 1.54) is 5.56 Å². The van der Waals surface area contributed by atoms with Crippen molar-refractivity contribution in [2.75, 3.05) is 7.05 Å². The van der Waals surface area contributed by atoms with E-state index in [9.17, 15) is 4.21 Å². The molecule has 20 heavy (non-hydrogen) atoms. The van der Waals surface area contributed by atoms with Gasteiger partial charge in [-0.1, -0.05) is 39.8 Å². The van der Waals surface area contributed by atoms with Gasteiger partial charge in [-0.05, 0) is 48.9 Å². The lowest BCUT2D eigenvalue weighted by molar-refractivity contribution is 0.299. The van der Waals surface area contributed by atoms with E-state index in [-0.39, 0.29) is 10.7 Å². The van der Waals surface area contributed by atoms with Gasteiger partial charge in [0, 0.05) is 10.9 Å². The second-order valence-electron chi connectivity index (χ2n) is 6.85. The largest absolute Gasteiger partial charge is 0.315 e. The van der Waals surface area contributed by atoms with Gasteiger partial charge in [0.2, 0.25) is 0 Å². The average Bonchev–Trinajstić information content (AvgIpc) is 2.72. The van der Waals surface area contributed by atoms with Gasteiger partial charge in [-0.3, -0.25) is 4.21 Å². The molecule has 0 aromatic heterocycles. The summed E-state index contributed by atoms with van der Waals surface area (Å²) in [4.78, 5) is 0.970. The highest BCUT2D eigenvalue weighted by Crippen LogP contribution is 2.41. The third-order valence-corrected chi connectivity index (χ3v) is 6.45. The Labute approximate surface area is 125 Å². The van der Waals surface area contributed by atoms with Crippen molar-refractivity contribution in [1.82, 2.24) is 5.32 Å². The van der Waals surface area contributed by atoms with Gasteiger partial charge in [0.05, 0.1) is 16.0 Å². The second-order valence-corrected chi connectivity index (χ2v) is 8.52. The SMILES string of the molecule is CNC1C(S(=O)c2ccc(C(C)C)cc2)CCC1(C)C. The maximum atomic E-state index is 12.9. The van der Waals surface area contributed by atoms with Gasteiger partial charge in [0.25, 0.3) is 0 Å². The van der Waals surface area contributed by atoms with Crippen molar-refractivity contribution >= 4 is 10.8 Å². The molecule has 3 heteroatoms. The number of hydrogen-bond acceptors (Lipinski definition) is 2. The maximum absolute atomic E-state index is 12.9. The molecular formula is C17H27NOS. The molecule has 0 aliphatic heterocycles. The van der Waals surface area contributed by atoms with Crippen LogP contribution in [0.3, 0.4) is 0 Å². The standard InChI is InChI=1S/C17H27NOS/c1-12(2)13-6-8-14(9-7-13)20(19)15-10-11-17(3,4)16(15)18-5/h6-9,12,15-16,18H,10-11H2,1-5H3. The van der Waals surface area contributed by atoms with Crippen LogP contribution in [0.2, 0.25) is 0 Å². The van der Waals surface area contributed by atoms with Crippen LogP contribution in [-0.2, 0) is 10.8 Å². The van der Waals surface area contributed by atoms with Gasteiger partial charge in [-0.15, -0.1) is 0 Å². The summed E-state index contributed by atoms with van der Waals surface area (Å²) in [5, 5.41) is 3.61. The lowest BCUT2D eigenvalue weighted by Crippen LogP contribution is -2.44. The summed E-state index contributed by atoms with van der Waals surface area (Å²) >= 11 is 0. The Morgan fingerprint density at radius 1 is 1.25 bits per heavy atom. The summed E-state index contributed by atoms with van der Waals surface area (Å²) in [5.41, 5.74) is 1.54. The number of benzene rings is 1. The van der Waals surface area contributed by atoms with E-state index in [0.29, 0.717) is 12.0 Å². The molecule has 1 aromatic carbocycles. The molecule has 3 unspecified atom stereocenters. The van der Waals surface area contributed by atoms with E-state index in [1.807, 2.05) is 19.2 Å². The average molecular weight is 293 g/mol. The van der Waals surface area contributed by atoms with Crippen LogP contribution in [0.1, 0.15) is 52.0 Å². The Bertz CT molecular complexity index is 478. The zero-order valence-electron chi connectivity index (χ0n) is 13.3. The van der Waals surface area contributed by atoms with E-state index in [2.05, 4.69) is 45.1 Å². The predicted molar refractivity (Wildman–Crippen MR) is 86.6 cm³/mol. The van der Waals surface area contributed by atoms with Crippen LogP contribution >= 0.6 is 0 Å². The molecule has 0 bridgehead atoms. The first-order valence-electron chi connectivity index (χ1n) is 7.54. The van der Waals surface area contributed by atoms with Crippen LogP contribution in [0.4, 0.5) is 0 Å². The smallest absolute Gasteiger partial charge is 0.0576 e. The monoisotopic (exact) mass is 293 g/mol. The summed E-state index contributed by atoms with van der Waals surface area (Å²) in [7, 11) is 1.07. The van der Waals surface area contributed by atoms with Gasteiger partial charge in [0.1, 0.15) is 0 Å². The maximum Gasteiger partial charge on any atom is 0.0576 e. The van der Waals surface area contributed by atoms with Gasteiger partial charge < -0.3 is 5.32 Å². The van der Waals surface area contributed by atoms with Gasteiger partial charge in [-0.2, -0.15) is 0 Å². The molecule has 0 amide bonds. The molecule has 0 radical (unpaired) electrons. The zero-order valence-corrected chi connectivity index (χ0v) is 14.1. The van der Waals surface area contributed by atoms with Gasteiger partial charge >= 0.3 is 0 Å². The normalized spacial score (nSPS) is 26.9. The van der Waals surface area contributed by atoms with E-state index in [0.717, 1.165) is 17.7 Å². The van der Waals surface area contributed by atoms with Crippen LogP contribution in [0, 0.1) is 5.41 Å². The fourth-order valence-corrected chi connectivity index (χ4v) is 5.15. The zero-order chi connectivity index (χ0) is 14.9. The Morgan fingerprint density at radius 3 is 2.35 bits per heavy atom. The summed E-state index contributed by atoms with van der Waals surface area (Å²) in [6.45, 7) is 8.91. The minimum Gasteiger partial charge on any atom is -0.315 e. The molecule has 1 N–H and O–H groups in total. The lowest BCUT2D eigenvalue weighted by Gasteiger charge is -2.30. The van der Waals surface area contributed by atoms with Crippen LogP contribution in [0.25, 0.3) is 0 Å². The third-order valence-electron chi connectivity index (χ3n) is 4.65. The van der Waals surface area contributed by atoms with E-state index in [4.69, 9.17) is 0 Å². The first-order valence-corrected chi connectivity index (χ1v) is 8.76. The number of nitrogens with one attached hydrogen (secondary N) is 1. The van der Waals surface area contributed by atoms with E-state index >= 15 is 0 Å². The van der Waals surface area contributed by atoms with Gasteiger partial charge in [0.15, 0.2) is 0 Å².